The molecule has 2 aromatic rings. The summed E-state index contributed by atoms with van der Waals surface area (Å²) in [5.74, 6) is -0.151. The van der Waals surface area contributed by atoms with Crippen molar-refractivity contribution < 1.29 is 9.53 Å². The molecule has 1 aromatic heterocycles. The van der Waals surface area contributed by atoms with Crippen LogP contribution in [0.25, 0.3) is 0 Å². The molecule has 0 spiro atoms. The Morgan fingerprint density at radius 3 is 2.88 bits per heavy atom. The van der Waals surface area contributed by atoms with E-state index in [1.165, 1.54) is 0 Å². The first kappa shape index (κ1) is 16.9. The molecule has 1 saturated heterocycles. The summed E-state index contributed by atoms with van der Waals surface area (Å²) in [4.78, 5) is 17.0. The molecule has 1 unspecified atom stereocenters. The van der Waals surface area contributed by atoms with Gasteiger partial charge in [0, 0.05) is 17.8 Å². The van der Waals surface area contributed by atoms with Crippen molar-refractivity contribution >= 4 is 17.5 Å². The minimum atomic E-state index is -0.469. The van der Waals surface area contributed by atoms with Crippen molar-refractivity contribution in [2.75, 3.05) is 6.54 Å². The Morgan fingerprint density at radius 2 is 2.21 bits per heavy atom. The molecule has 1 amide bonds. The Bertz CT molecular complexity index is 696. The van der Waals surface area contributed by atoms with E-state index in [9.17, 15) is 4.79 Å². The first-order valence-electron chi connectivity index (χ1n) is 7.99. The number of benzene rings is 1. The third kappa shape index (κ3) is 3.93. The van der Waals surface area contributed by atoms with E-state index in [1.54, 1.807) is 12.3 Å². The lowest BCUT2D eigenvalue weighted by atomic mass is 10.0. The first-order valence-corrected chi connectivity index (χ1v) is 8.37. The van der Waals surface area contributed by atoms with Crippen LogP contribution in [-0.2, 0) is 9.53 Å². The van der Waals surface area contributed by atoms with E-state index < -0.39 is 6.10 Å². The van der Waals surface area contributed by atoms with Crippen LogP contribution in [0, 0.1) is 0 Å². The Kier molecular flexibility index (Phi) is 5.45. The standard InChI is InChI=1S/C18H20ClN3O2/c19-13-5-3-4-12(10-13)17(15-6-1-2-9-21-15)22-18(23)16-8-7-14(11-20)24-16/h1-6,9-10,14,16-17H,7-8,11,20H2,(H,22,23)/t14-,16+,17?/m1/s1. The fourth-order valence-corrected chi connectivity index (χ4v) is 3.07. The van der Waals surface area contributed by atoms with Crippen molar-refractivity contribution in [3.8, 4) is 0 Å². The number of amides is 1. The van der Waals surface area contributed by atoms with Gasteiger partial charge < -0.3 is 15.8 Å². The lowest BCUT2D eigenvalue weighted by Crippen LogP contribution is -2.38. The number of ether oxygens (including phenoxy) is 1. The Balaban J connectivity index is 1.82. The third-order valence-electron chi connectivity index (χ3n) is 4.12. The minimum Gasteiger partial charge on any atom is -0.364 e. The summed E-state index contributed by atoms with van der Waals surface area (Å²) in [6, 6.07) is 12.6. The number of hydrogen-bond acceptors (Lipinski definition) is 4. The van der Waals surface area contributed by atoms with Gasteiger partial charge >= 0.3 is 0 Å². The number of carbonyl (C=O) groups excluding carboxylic acids is 1. The molecule has 1 aliphatic heterocycles. The van der Waals surface area contributed by atoms with E-state index in [-0.39, 0.29) is 18.1 Å². The van der Waals surface area contributed by atoms with Crippen LogP contribution in [0.15, 0.2) is 48.7 Å². The molecule has 0 bridgehead atoms. The van der Waals surface area contributed by atoms with Crippen molar-refractivity contribution in [1.82, 2.24) is 10.3 Å². The molecule has 126 valence electrons. The van der Waals surface area contributed by atoms with Gasteiger partial charge in [-0.3, -0.25) is 9.78 Å². The van der Waals surface area contributed by atoms with Crippen LogP contribution in [0.4, 0.5) is 0 Å². The topological polar surface area (TPSA) is 77.2 Å². The molecular formula is C18H20ClN3O2. The molecule has 3 N–H and O–H groups in total. The first-order chi connectivity index (χ1) is 11.7. The molecule has 0 aliphatic carbocycles. The summed E-state index contributed by atoms with van der Waals surface area (Å²) in [5.41, 5.74) is 7.24. The van der Waals surface area contributed by atoms with Crippen LogP contribution in [0.1, 0.15) is 30.1 Å². The summed E-state index contributed by atoms with van der Waals surface area (Å²) in [6.45, 7) is 0.432. The molecule has 5 nitrogen and oxygen atoms in total. The number of rotatable bonds is 5. The summed E-state index contributed by atoms with van der Waals surface area (Å²) in [6.07, 6.45) is 2.68. The fourth-order valence-electron chi connectivity index (χ4n) is 2.87. The SMILES string of the molecule is NC[C@H]1CC[C@@H](C(=O)NC(c2cccc(Cl)c2)c2ccccn2)O1. The highest BCUT2D eigenvalue weighted by Gasteiger charge is 2.31. The minimum absolute atomic E-state index is 0.0415. The molecule has 3 rings (SSSR count). The molecule has 24 heavy (non-hydrogen) atoms. The number of hydrogen-bond donors (Lipinski definition) is 2. The van der Waals surface area contributed by atoms with Gasteiger partial charge in [0.15, 0.2) is 0 Å². The quantitative estimate of drug-likeness (QED) is 0.872. The van der Waals surface area contributed by atoms with Gasteiger partial charge in [0.05, 0.1) is 17.8 Å². The molecule has 1 aliphatic rings. The van der Waals surface area contributed by atoms with Crippen LogP contribution in [0.2, 0.25) is 5.02 Å². The number of nitrogens with zero attached hydrogens (tertiary/aromatic N) is 1. The van der Waals surface area contributed by atoms with Crippen molar-refractivity contribution in [2.45, 2.75) is 31.1 Å². The summed E-state index contributed by atoms with van der Waals surface area (Å²) < 4.78 is 5.69. The summed E-state index contributed by atoms with van der Waals surface area (Å²) in [5, 5.41) is 3.65. The smallest absolute Gasteiger partial charge is 0.249 e. The molecule has 0 saturated carbocycles. The number of halogens is 1. The molecule has 0 radical (unpaired) electrons. The number of pyridine rings is 1. The number of aromatic nitrogens is 1. The zero-order chi connectivity index (χ0) is 16.9. The molecule has 6 heteroatoms. The van der Waals surface area contributed by atoms with E-state index in [1.807, 2.05) is 36.4 Å². The van der Waals surface area contributed by atoms with Crippen LogP contribution < -0.4 is 11.1 Å². The van der Waals surface area contributed by atoms with Crippen molar-refractivity contribution in [1.29, 1.82) is 0 Å². The highest BCUT2D eigenvalue weighted by molar-refractivity contribution is 6.30. The van der Waals surface area contributed by atoms with Gasteiger partial charge in [-0.2, -0.15) is 0 Å². The zero-order valence-electron chi connectivity index (χ0n) is 13.2. The Labute approximate surface area is 146 Å². The maximum Gasteiger partial charge on any atom is 0.249 e. The molecular weight excluding hydrogens is 326 g/mol. The highest BCUT2D eigenvalue weighted by atomic mass is 35.5. The predicted octanol–water partition coefficient (Wildman–Crippen LogP) is 2.45. The fraction of sp³-hybridized carbons (Fsp3) is 0.333. The van der Waals surface area contributed by atoms with Crippen molar-refractivity contribution in [2.24, 2.45) is 5.73 Å². The maximum atomic E-state index is 12.6. The van der Waals surface area contributed by atoms with Gasteiger partial charge in [0.1, 0.15) is 6.10 Å². The predicted molar refractivity (Wildman–Crippen MR) is 92.6 cm³/mol. The van der Waals surface area contributed by atoms with Crippen LogP contribution in [-0.4, -0.2) is 29.6 Å². The average molecular weight is 346 g/mol. The Hall–Kier alpha value is -1.95. The van der Waals surface area contributed by atoms with Crippen LogP contribution in [0.3, 0.4) is 0 Å². The van der Waals surface area contributed by atoms with Gasteiger partial charge in [0.2, 0.25) is 5.91 Å². The van der Waals surface area contributed by atoms with Gasteiger partial charge in [-0.05, 0) is 42.7 Å². The van der Waals surface area contributed by atoms with Crippen molar-refractivity contribution in [3.63, 3.8) is 0 Å². The molecule has 1 aromatic carbocycles. The zero-order valence-corrected chi connectivity index (χ0v) is 13.9. The number of nitrogens with two attached hydrogens (primary N) is 1. The summed E-state index contributed by atoms with van der Waals surface area (Å²) >= 11 is 6.11. The largest absolute Gasteiger partial charge is 0.364 e. The normalized spacial score (nSPS) is 21.4. The number of carbonyl (C=O) groups is 1. The van der Waals surface area contributed by atoms with Crippen LogP contribution in [0.5, 0.6) is 0 Å². The second-order valence-corrected chi connectivity index (χ2v) is 6.25. The van der Waals surface area contributed by atoms with Gasteiger partial charge in [-0.25, -0.2) is 0 Å². The van der Waals surface area contributed by atoms with Crippen LogP contribution >= 0.6 is 11.6 Å². The highest BCUT2D eigenvalue weighted by Crippen LogP contribution is 2.25. The van der Waals surface area contributed by atoms with Gasteiger partial charge in [-0.15, -0.1) is 0 Å². The van der Waals surface area contributed by atoms with Crippen molar-refractivity contribution in [3.05, 3.63) is 64.9 Å². The lowest BCUT2D eigenvalue weighted by molar-refractivity contribution is -0.132. The third-order valence-corrected chi connectivity index (χ3v) is 4.35. The van der Waals surface area contributed by atoms with E-state index in [4.69, 9.17) is 22.1 Å². The Morgan fingerprint density at radius 1 is 1.33 bits per heavy atom. The van der Waals surface area contributed by atoms with E-state index in [0.29, 0.717) is 18.0 Å². The second-order valence-electron chi connectivity index (χ2n) is 5.81. The van der Waals surface area contributed by atoms with Gasteiger partial charge in [-0.1, -0.05) is 29.8 Å². The van der Waals surface area contributed by atoms with E-state index in [2.05, 4.69) is 10.3 Å². The number of nitrogens with one attached hydrogen (secondary N) is 1. The van der Waals surface area contributed by atoms with Gasteiger partial charge in [0.25, 0.3) is 0 Å². The summed E-state index contributed by atoms with van der Waals surface area (Å²) in [7, 11) is 0. The monoisotopic (exact) mass is 345 g/mol. The molecule has 2 heterocycles. The molecule has 3 atom stereocenters. The molecule has 1 fully saturated rings. The van der Waals surface area contributed by atoms with E-state index in [0.717, 1.165) is 17.7 Å². The van der Waals surface area contributed by atoms with E-state index >= 15 is 0 Å². The average Bonchev–Trinajstić information content (AvgIpc) is 3.09. The lowest BCUT2D eigenvalue weighted by Gasteiger charge is -2.21. The maximum absolute atomic E-state index is 12.6. The second kappa shape index (κ2) is 7.75.